The van der Waals surface area contributed by atoms with Crippen LogP contribution < -0.4 is 10.2 Å². The number of hydrogen-bond donors (Lipinski definition) is 1. The number of nitrogens with one attached hydrogen (secondary N) is 1. The Bertz CT molecular complexity index is 1180. The molecule has 0 radical (unpaired) electrons. The molecule has 0 unspecified atom stereocenters. The SMILES string of the molecule is Cc1ccc(C(=O)N2CCc3cc(-c4csc(NC(=O)CN5CCCCCC5)n4)ccc32)cc1. The van der Waals surface area contributed by atoms with Crippen LogP contribution in [0.15, 0.2) is 47.8 Å². The third kappa shape index (κ3) is 5.05. The van der Waals surface area contributed by atoms with Crippen LogP contribution in [-0.2, 0) is 11.2 Å². The van der Waals surface area contributed by atoms with Gasteiger partial charge < -0.3 is 10.2 Å². The topological polar surface area (TPSA) is 65.5 Å². The number of anilines is 2. The molecule has 1 N–H and O–H groups in total. The normalized spacial score (nSPS) is 16.2. The van der Waals surface area contributed by atoms with Crippen LogP contribution in [0.4, 0.5) is 10.8 Å². The highest BCUT2D eigenvalue weighted by molar-refractivity contribution is 7.14. The van der Waals surface area contributed by atoms with E-state index in [4.69, 9.17) is 0 Å². The lowest BCUT2D eigenvalue weighted by atomic mass is 10.1. The zero-order valence-electron chi connectivity index (χ0n) is 19.5. The number of benzene rings is 2. The third-order valence-electron chi connectivity index (χ3n) is 6.63. The molecule has 0 aliphatic carbocycles. The average Bonchev–Trinajstić information content (AvgIpc) is 3.39. The number of carbonyl (C=O) groups is 2. The molecule has 1 aromatic heterocycles. The summed E-state index contributed by atoms with van der Waals surface area (Å²) in [5, 5.41) is 5.58. The van der Waals surface area contributed by atoms with Gasteiger partial charge in [-0.25, -0.2) is 4.98 Å². The molecule has 2 aliphatic heterocycles. The zero-order chi connectivity index (χ0) is 23.5. The Labute approximate surface area is 204 Å². The minimum atomic E-state index is 0.00186. The summed E-state index contributed by atoms with van der Waals surface area (Å²) >= 11 is 1.45. The maximum absolute atomic E-state index is 13.0. The van der Waals surface area contributed by atoms with E-state index in [0.717, 1.165) is 47.6 Å². The molecule has 3 aromatic rings. The van der Waals surface area contributed by atoms with E-state index in [2.05, 4.69) is 21.3 Å². The van der Waals surface area contributed by atoms with Crippen molar-refractivity contribution in [1.82, 2.24) is 9.88 Å². The molecule has 2 amide bonds. The molecular formula is C27H30N4O2S. The van der Waals surface area contributed by atoms with Gasteiger partial charge in [-0.2, -0.15) is 0 Å². The van der Waals surface area contributed by atoms with Crippen molar-refractivity contribution in [2.75, 3.05) is 36.4 Å². The van der Waals surface area contributed by atoms with Crippen molar-refractivity contribution in [3.8, 4) is 11.3 Å². The van der Waals surface area contributed by atoms with Crippen LogP contribution >= 0.6 is 11.3 Å². The highest BCUT2D eigenvalue weighted by Gasteiger charge is 2.26. The number of thiazole rings is 1. The van der Waals surface area contributed by atoms with Crippen molar-refractivity contribution < 1.29 is 9.59 Å². The number of hydrogen-bond acceptors (Lipinski definition) is 5. The summed E-state index contributed by atoms with van der Waals surface area (Å²) in [5.41, 5.74) is 5.83. The quantitative estimate of drug-likeness (QED) is 0.556. The summed E-state index contributed by atoms with van der Waals surface area (Å²) in [6.07, 6.45) is 5.67. The molecule has 6 nitrogen and oxygen atoms in total. The van der Waals surface area contributed by atoms with Gasteiger partial charge in [-0.3, -0.25) is 14.5 Å². The molecule has 176 valence electrons. The molecule has 0 spiro atoms. The summed E-state index contributed by atoms with van der Waals surface area (Å²) in [6, 6.07) is 13.9. The fourth-order valence-corrected chi connectivity index (χ4v) is 5.48. The number of aryl methyl sites for hydroxylation is 1. The van der Waals surface area contributed by atoms with E-state index in [1.807, 2.05) is 53.6 Å². The molecule has 0 bridgehead atoms. The Kier molecular flexibility index (Phi) is 6.74. The number of rotatable bonds is 5. The summed E-state index contributed by atoms with van der Waals surface area (Å²) in [7, 11) is 0. The molecule has 5 rings (SSSR count). The summed E-state index contributed by atoms with van der Waals surface area (Å²) in [4.78, 5) is 34.3. The second-order valence-electron chi connectivity index (χ2n) is 9.19. The minimum absolute atomic E-state index is 0.00186. The van der Waals surface area contributed by atoms with Crippen molar-refractivity contribution in [1.29, 1.82) is 0 Å². The smallest absolute Gasteiger partial charge is 0.258 e. The Balaban J connectivity index is 1.25. The monoisotopic (exact) mass is 474 g/mol. The fourth-order valence-electron chi connectivity index (χ4n) is 4.74. The van der Waals surface area contributed by atoms with Crippen LogP contribution in [0.25, 0.3) is 11.3 Å². The van der Waals surface area contributed by atoms with Crippen molar-refractivity contribution in [3.05, 3.63) is 64.5 Å². The average molecular weight is 475 g/mol. The van der Waals surface area contributed by atoms with Crippen LogP contribution in [0.2, 0.25) is 0 Å². The number of nitrogens with zero attached hydrogens (tertiary/aromatic N) is 3. The summed E-state index contributed by atoms with van der Waals surface area (Å²) in [6.45, 7) is 5.12. The van der Waals surface area contributed by atoms with Gasteiger partial charge in [-0.05, 0) is 69.1 Å². The second-order valence-corrected chi connectivity index (χ2v) is 10.1. The van der Waals surface area contributed by atoms with Gasteiger partial charge in [0, 0.05) is 28.7 Å². The van der Waals surface area contributed by atoms with Crippen LogP contribution in [0.1, 0.15) is 47.2 Å². The van der Waals surface area contributed by atoms with Crippen LogP contribution in [0.5, 0.6) is 0 Å². The van der Waals surface area contributed by atoms with Gasteiger partial charge in [0.15, 0.2) is 5.13 Å². The molecule has 3 heterocycles. The predicted octanol–water partition coefficient (Wildman–Crippen LogP) is 5.14. The molecular weight excluding hydrogens is 444 g/mol. The highest BCUT2D eigenvalue weighted by atomic mass is 32.1. The van der Waals surface area contributed by atoms with Crippen LogP contribution in [0, 0.1) is 6.92 Å². The molecule has 0 atom stereocenters. The van der Waals surface area contributed by atoms with E-state index in [1.54, 1.807) is 0 Å². The predicted molar refractivity (Wildman–Crippen MR) is 138 cm³/mol. The molecule has 2 aromatic carbocycles. The summed E-state index contributed by atoms with van der Waals surface area (Å²) in [5.74, 6) is 0.0385. The second kappa shape index (κ2) is 10.1. The maximum Gasteiger partial charge on any atom is 0.258 e. The third-order valence-corrected chi connectivity index (χ3v) is 7.39. The van der Waals surface area contributed by atoms with E-state index >= 15 is 0 Å². The first-order valence-electron chi connectivity index (χ1n) is 12.1. The van der Waals surface area contributed by atoms with Gasteiger partial charge in [-0.1, -0.05) is 36.6 Å². The van der Waals surface area contributed by atoms with E-state index in [0.29, 0.717) is 23.8 Å². The van der Waals surface area contributed by atoms with Gasteiger partial charge in [0.1, 0.15) is 0 Å². The molecule has 7 heteroatoms. The van der Waals surface area contributed by atoms with Crippen molar-refractivity contribution in [2.45, 2.75) is 39.0 Å². The van der Waals surface area contributed by atoms with Crippen molar-refractivity contribution in [3.63, 3.8) is 0 Å². The summed E-state index contributed by atoms with van der Waals surface area (Å²) < 4.78 is 0. The molecule has 1 fully saturated rings. The van der Waals surface area contributed by atoms with Crippen LogP contribution in [0.3, 0.4) is 0 Å². The maximum atomic E-state index is 13.0. The fraction of sp³-hybridized carbons (Fsp3) is 0.370. The lowest BCUT2D eigenvalue weighted by Crippen LogP contribution is -2.33. The van der Waals surface area contributed by atoms with Gasteiger partial charge in [-0.15, -0.1) is 11.3 Å². The molecule has 1 saturated heterocycles. The molecule has 2 aliphatic rings. The van der Waals surface area contributed by atoms with Crippen molar-refractivity contribution in [2.24, 2.45) is 0 Å². The first-order valence-corrected chi connectivity index (χ1v) is 12.9. The number of carbonyl (C=O) groups excluding carboxylic acids is 2. The Hall–Kier alpha value is -3.03. The number of aromatic nitrogens is 1. The largest absolute Gasteiger partial charge is 0.308 e. The Morgan fingerprint density at radius 3 is 2.53 bits per heavy atom. The van der Waals surface area contributed by atoms with Crippen molar-refractivity contribution >= 4 is 34.0 Å². The molecule has 0 saturated carbocycles. The Morgan fingerprint density at radius 2 is 1.76 bits per heavy atom. The van der Waals surface area contributed by atoms with E-state index < -0.39 is 0 Å². The van der Waals surface area contributed by atoms with Gasteiger partial charge in [0.2, 0.25) is 5.91 Å². The van der Waals surface area contributed by atoms with Crippen LogP contribution in [-0.4, -0.2) is 47.9 Å². The van der Waals surface area contributed by atoms with E-state index in [9.17, 15) is 9.59 Å². The van der Waals surface area contributed by atoms with E-state index in [1.165, 1.54) is 37.0 Å². The van der Waals surface area contributed by atoms with Gasteiger partial charge >= 0.3 is 0 Å². The van der Waals surface area contributed by atoms with E-state index in [-0.39, 0.29) is 11.8 Å². The first kappa shape index (κ1) is 22.7. The van der Waals surface area contributed by atoms with Gasteiger partial charge in [0.25, 0.3) is 5.91 Å². The lowest BCUT2D eigenvalue weighted by Gasteiger charge is -2.18. The number of likely N-dealkylation sites (tertiary alicyclic amines) is 1. The minimum Gasteiger partial charge on any atom is -0.308 e. The zero-order valence-corrected chi connectivity index (χ0v) is 20.4. The number of amides is 2. The lowest BCUT2D eigenvalue weighted by molar-refractivity contribution is -0.117. The molecule has 34 heavy (non-hydrogen) atoms. The Morgan fingerprint density at radius 1 is 1.00 bits per heavy atom. The van der Waals surface area contributed by atoms with Gasteiger partial charge in [0.05, 0.1) is 12.2 Å². The number of fused-ring (bicyclic) bond motifs is 1. The highest BCUT2D eigenvalue weighted by Crippen LogP contribution is 2.34. The standard InChI is InChI=1S/C27H30N4O2S/c1-19-6-8-20(9-7-19)26(33)31-15-12-22-16-21(10-11-24(22)31)23-18-34-27(28-23)29-25(32)17-30-13-4-2-3-5-14-30/h6-11,16,18H,2-5,12-15,17H2,1H3,(H,28,29,32). The first-order chi connectivity index (χ1) is 16.6.